The van der Waals surface area contributed by atoms with Gasteiger partial charge in [-0.2, -0.15) is 0 Å². The third kappa shape index (κ3) is 22.2. The molecule has 0 aliphatic carbocycles. The molecule has 0 saturated heterocycles. The highest BCUT2D eigenvalue weighted by Gasteiger charge is 2.06. The lowest BCUT2D eigenvalue weighted by molar-refractivity contribution is 0.0592. The Morgan fingerprint density at radius 1 is 0.700 bits per heavy atom. The Balaban J connectivity index is 0.000000668. The number of halogens is 1. The molecular formula is C41H39IO6Si2. The SMILES string of the molecule is C#CC#C[Si](C)(C)C.C#CC#Cc1ccc(C(=O)O)cc1.COC(=O)c1ccc(C#CC#CC[SiH](C)C)cc1.COC(=O)c1ccc(I)cc1. The number of carbonyl (C=O) groups is 3. The molecular weight excluding hydrogens is 772 g/mol. The van der Waals surface area contributed by atoms with Gasteiger partial charge in [0.15, 0.2) is 0 Å². The quantitative estimate of drug-likeness (QED) is 0.129. The second-order valence-electron chi connectivity index (χ2n) is 11.1. The van der Waals surface area contributed by atoms with Gasteiger partial charge in [-0.15, -0.1) is 18.4 Å². The standard InChI is InChI=1S/C15H16O2Si.C11H6O2.C8H7IO2.C7H10Si/c1-17-15(16)14-10-8-13(9-11-14)7-5-4-6-12-18(2)3;1-2-3-4-9-5-7-10(8-6-9)11(12)13;1-11-8(10)6-2-4-7(9)5-3-6;1-5-6-7-8(2,3)4/h8-11,18H,12H2,1-3H3;1,5-8H,(H,12,13);2-5H,1H3;1H,2-4H3. The number of aromatic carboxylic acids is 1. The van der Waals surface area contributed by atoms with Gasteiger partial charge in [0.2, 0.25) is 0 Å². The van der Waals surface area contributed by atoms with E-state index in [0.29, 0.717) is 16.7 Å². The van der Waals surface area contributed by atoms with E-state index in [-0.39, 0.29) is 17.5 Å². The van der Waals surface area contributed by atoms with Crippen LogP contribution in [0.3, 0.4) is 0 Å². The first-order valence-corrected chi connectivity index (χ1v) is 22.7. The third-order valence-electron chi connectivity index (χ3n) is 5.36. The summed E-state index contributed by atoms with van der Waals surface area (Å²) in [7, 11) is 0.957. The van der Waals surface area contributed by atoms with Crippen molar-refractivity contribution in [2.45, 2.75) is 38.8 Å². The minimum atomic E-state index is -1.18. The van der Waals surface area contributed by atoms with E-state index >= 15 is 0 Å². The van der Waals surface area contributed by atoms with Crippen molar-refractivity contribution >= 4 is 57.4 Å². The second kappa shape index (κ2) is 25.6. The largest absolute Gasteiger partial charge is 0.478 e. The summed E-state index contributed by atoms with van der Waals surface area (Å²) in [5.41, 5.74) is 5.94. The normalized spacial score (nSPS) is 8.70. The van der Waals surface area contributed by atoms with Crippen LogP contribution in [-0.4, -0.2) is 54.1 Å². The van der Waals surface area contributed by atoms with Crippen molar-refractivity contribution in [3.8, 4) is 71.7 Å². The van der Waals surface area contributed by atoms with Crippen molar-refractivity contribution < 1.29 is 29.0 Å². The van der Waals surface area contributed by atoms with Crippen molar-refractivity contribution in [1.29, 1.82) is 0 Å². The van der Waals surface area contributed by atoms with Crippen molar-refractivity contribution in [3.63, 3.8) is 0 Å². The summed E-state index contributed by atoms with van der Waals surface area (Å²) >= 11 is 2.18. The zero-order valence-electron chi connectivity index (χ0n) is 29.2. The smallest absolute Gasteiger partial charge is 0.337 e. The Labute approximate surface area is 313 Å². The molecule has 0 bridgehead atoms. The van der Waals surface area contributed by atoms with Gasteiger partial charge < -0.3 is 14.6 Å². The number of carboxylic acid groups (broad SMARTS) is 1. The van der Waals surface area contributed by atoms with Gasteiger partial charge in [0.1, 0.15) is 8.07 Å². The van der Waals surface area contributed by atoms with Crippen molar-refractivity contribution in [1.82, 2.24) is 0 Å². The number of benzene rings is 3. The number of esters is 2. The molecule has 1 N–H and O–H groups in total. The third-order valence-corrected chi connectivity index (χ3v) is 7.97. The Hall–Kier alpha value is -5.41. The van der Waals surface area contributed by atoms with E-state index in [4.69, 9.17) is 18.0 Å². The summed E-state index contributed by atoms with van der Waals surface area (Å²) in [6.45, 7) is 11.0. The minimum absolute atomic E-state index is 0.242. The predicted octanol–water partition coefficient (Wildman–Crippen LogP) is 7.26. The van der Waals surface area contributed by atoms with Crippen LogP contribution in [0.15, 0.2) is 72.8 Å². The molecule has 0 atom stereocenters. The number of carboxylic acids is 1. The van der Waals surface area contributed by atoms with Gasteiger partial charge in [-0.1, -0.05) is 50.5 Å². The van der Waals surface area contributed by atoms with Crippen LogP contribution in [0.25, 0.3) is 0 Å². The van der Waals surface area contributed by atoms with E-state index in [1.165, 1.54) is 26.4 Å². The van der Waals surface area contributed by atoms with Gasteiger partial charge in [0.05, 0.1) is 30.9 Å². The molecule has 0 unspecified atom stereocenters. The van der Waals surface area contributed by atoms with Crippen molar-refractivity contribution in [2.75, 3.05) is 14.2 Å². The Bertz CT molecular complexity index is 1900. The first kappa shape index (κ1) is 44.6. The highest BCUT2D eigenvalue weighted by molar-refractivity contribution is 14.1. The maximum atomic E-state index is 11.2. The van der Waals surface area contributed by atoms with Crippen LogP contribution in [0.4, 0.5) is 0 Å². The maximum absolute atomic E-state index is 11.2. The summed E-state index contributed by atoms with van der Waals surface area (Å²) in [5, 5.41) is 8.58. The molecule has 254 valence electrons. The van der Waals surface area contributed by atoms with Crippen molar-refractivity contribution in [2.24, 2.45) is 0 Å². The molecule has 6 nitrogen and oxygen atoms in total. The van der Waals surface area contributed by atoms with Crippen LogP contribution in [-0.2, 0) is 9.47 Å². The van der Waals surface area contributed by atoms with Crippen LogP contribution in [0.2, 0.25) is 38.8 Å². The Morgan fingerprint density at radius 3 is 1.48 bits per heavy atom. The zero-order chi connectivity index (χ0) is 38.0. The van der Waals surface area contributed by atoms with Gasteiger partial charge in [0, 0.05) is 29.5 Å². The fourth-order valence-corrected chi connectivity index (χ4v) is 4.26. The first-order valence-electron chi connectivity index (χ1n) is 15.0. The molecule has 3 aromatic carbocycles. The summed E-state index contributed by atoms with van der Waals surface area (Å²) in [5.74, 6) is 22.3. The monoisotopic (exact) mass is 810 g/mol. The number of terminal acetylenes is 2. The molecule has 0 aliphatic heterocycles. The molecule has 0 fully saturated rings. The van der Waals surface area contributed by atoms with Gasteiger partial charge in [-0.25, -0.2) is 14.4 Å². The molecule has 0 spiro atoms. The fraction of sp³-hybridized carbons (Fsp3) is 0.195. The van der Waals surface area contributed by atoms with Crippen LogP contribution >= 0.6 is 22.6 Å². The molecule has 0 saturated carbocycles. The Morgan fingerprint density at radius 2 is 1.12 bits per heavy atom. The number of methoxy groups -OCH3 is 2. The highest BCUT2D eigenvalue weighted by Crippen LogP contribution is 2.07. The summed E-state index contributed by atoms with van der Waals surface area (Å²) in [6.07, 6.45) is 9.87. The predicted molar refractivity (Wildman–Crippen MR) is 216 cm³/mol. The van der Waals surface area contributed by atoms with E-state index in [0.717, 1.165) is 15.2 Å². The number of carbonyl (C=O) groups excluding carboxylic acids is 2. The van der Waals surface area contributed by atoms with Crippen LogP contribution < -0.4 is 0 Å². The fourth-order valence-electron chi connectivity index (χ4n) is 2.94. The lowest BCUT2D eigenvalue weighted by atomic mass is 10.1. The van der Waals surface area contributed by atoms with Gasteiger partial charge in [-0.3, -0.25) is 0 Å². The molecule has 9 heteroatoms. The van der Waals surface area contributed by atoms with Crippen LogP contribution in [0, 0.1) is 75.2 Å². The van der Waals surface area contributed by atoms with Crippen LogP contribution in [0.1, 0.15) is 42.2 Å². The van der Waals surface area contributed by atoms with Gasteiger partial charge >= 0.3 is 17.9 Å². The zero-order valence-corrected chi connectivity index (χ0v) is 33.5. The van der Waals surface area contributed by atoms with E-state index in [1.807, 2.05) is 12.1 Å². The molecule has 0 aromatic heterocycles. The summed E-state index contributed by atoms with van der Waals surface area (Å²) in [6, 6.07) is 21.4. The van der Waals surface area contributed by atoms with Crippen molar-refractivity contribution in [3.05, 3.63) is 104 Å². The summed E-state index contributed by atoms with van der Waals surface area (Å²) in [4.78, 5) is 32.6. The van der Waals surface area contributed by atoms with E-state index in [9.17, 15) is 14.4 Å². The van der Waals surface area contributed by atoms with E-state index < -0.39 is 22.8 Å². The average Bonchev–Trinajstić information content (AvgIpc) is 3.10. The number of hydrogen-bond donors (Lipinski definition) is 1. The van der Waals surface area contributed by atoms with E-state index in [1.54, 1.807) is 48.5 Å². The Kier molecular flexibility index (Phi) is 22.8. The topological polar surface area (TPSA) is 89.9 Å². The molecule has 0 radical (unpaired) electrons. The molecule has 50 heavy (non-hydrogen) atoms. The molecule has 3 aromatic rings. The van der Waals surface area contributed by atoms with Crippen LogP contribution in [0.5, 0.6) is 0 Å². The molecule has 0 amide bonds. The van der Waals surface area contributed by atoms with Gasteiger partial charge in [0.25, 0.3) is 0 Å². The maximum Gasteiger partial charge on any atom is 0.337 e. The number of ether oxygens (including phenoxy) is 2. The van der Waals surface area contributed by atoms with Gasteiger partial charge in [-0.05, 0) is 131 Å². The highest BCUT2D eigenvalue weighted by atomic mass is 127. The summed E-state index contributed by atoms with van der Waals surface area (Å²) < 4.78 is 10.3. The average molecular weight is 811 g/mol. The molecule has 0 heterocycles. The second-order valence-corrected chi connectivity index (χ2v) is 20.3. The number of rotatable bonds is 4. The molecule has 0 aliphatic rings. The lowest BCUT2D eigenvalue weighted by Gasteiger charge is -2.01. The number of hydrogen-bond acceptors (Lipinski definition) is 5. The van der Waals surface area contributed by atoms with E-state index in [2.05, 4.69) is 124 Å². The molecule has 3 rings (SSSR count). The lowest BCUT2D eigenvalue weighted by Crippen LogP contribution is -2.16. The minimum Gasteiger partial charge on any atom is -0.478 e. The first-order chi connectivity index (χ1) is 23.7.